The van der Waals surface area contributed by atoms with E-state index >= 15 is 0 Å². The third-order valence-electron chi connectivity index (χ3n) is 2.67. The van der Waals surface area contributed by atoms with Gasteiger partial charge in [-0.2, -0.15) is 5.26 Å². The van der Waals surface area contributed by atoms with E-state index in [4.69, 9.17) is 5.26 Å². The molecule has 1 unspecified atom stereocenters. The highest BCUT2D eigenvalue weighted by atomic mass is 14.4. The average Bonchev–Trinajstić information content (AvgIpc) is 2.01. The molecule has 0 radical (unpaired) electrons. The topological polar surface area (TPSA) is 23.8 Å². The maximum Gasteiger partial charge on any atom is 0.0944 e. The van der Waals surface area contributed by atoms with Gasteiger partial charge in [0.15, 0.2) is 0 Å². The van der Waals surface area contributed by atoms with E-state index in [0.717, 1.165) is 18.4 Å². The second kappa shape index (κ2) is 2.23. The Morgan fingerprint density at radius 2 is 2.27 bits per heavy atom. The van der Waals surface area contributed by atoms with Gasteiger partial charge in [-0.15, -0.1) is 0 Å². The Labute approximate surface area is 67.0 Å². The lowest BCUT2D eigenvalue weighted by atomic mass is 9.65. The standard InChI is InChI=1S/C10H11N/c11-8-9-6-10(7-9)4-2-1-3-5-10/h1-2,6H,3-5,7H2. The van der Waals surface area contributed by atoms with Gasteiger partial charge in [0.25, 0.3) is 0 Å². The van der Waals surface area contributed by atoms with Crippen LogP contribution >= 0.6 is 0 Å². The minimum atomic E-state index is 0.403. The van der Waals surface area contributed by atoms with Crippen molar-refractivity contribution in [2.45, 2.75) is 25.7 Å². The van der Waals surface area contributed by atoms with Gasteiger partial charge in [-0.1, -0.05) is 18.2 Å². The summed E-state index contributed by atoms with van der Waals surface area (Å²) in [6, 6.07) is 2.21. The van der Waals surface area contributed by atoms with Gasteiger partial charge in [-0.3, -0.25) is 0 Å². The van der Waals surface area contributed by atoms with Crippen molar-refractivity contribution in [2.24, 2.45) is 5.41 Å². The van der Waals surface area contributed by atoms with E-state index in [-0.39, 0.29) is 0 Å². The zero-order valence-corrected chi connectivity index (χ0v) is 6.51. The Bertz CT molecular complexity index is 267. The van der Waals surface area contributed by atoms with Crippen LogP contribution in [0, 0.1) is 16.7 Å². The molecule has 0 saturated carbocycles. The number of nitriles is 1. The highest BCUT2D eigenvalue weighted by Gasteiger charge is 2.36. The van der Waals surface area contributed by atoms with Crippen molar-refractivity contribution in [3.8, 4) is 6.07 Å². The van der Waals surface area contributed by atoms with Crippen LogP contribution in [0.2, 0.25) is 0 Å². The normalized spacial score (nSPS) is 34.3. The van der Waals surface area contributed by atoms with Gasteiger partial charge >= 0.3 is 0 Å². The lowest BCUT2D eigenvalue weighted by Gasteiger charge is -2.38. The van der Waals surface area contributed by atoms with E-state index in [2.05, 4.69) is 24.3 Å². The van der Waals surface area contributed by atoms with Gasteiger partial charge in [-0.05, 0) is 31.1 Å². The van der Waals surface area contributed by atoms with Crippen LogP contribution in [0.15, 0.2) is 23.8 Å². The molecule has 2 aliphatic carbocycles. The predicted octanol–water partition coefficient (Wildman–Crippen LogP) is 2.57. The van der Waals surface area contributed by atoms with E-state index in [1.54, 1.807) is 0 Å². The molecule has 1 heteroatoms. The summed E-state index contributed by atoms with van der Waals surface area (Å²) < 4.78 is 0. The number of hydrogen-bond acceptors (Lipinski definition) is 1. The molecule has 0 saturated heterocycles. The van der Waals surface area contributed by atoms with Crippen molar-refractivity contribution in [3.63, 3.8) is 0 Å². The highest BCUT2D eigenvalue weighted by Crippen LogP contribution is 2.47. The van der Waals surface area contributed by atoms with E-state index in [0.29, 0.717) is 5.41 Å². The maximum absolute atomic E-state index is 8.56. The third kappa shape index (κ3) is 0.991. The molecule has 0 amide bonds. The van der Waals surface area contributed by atoms with Gasteiger partial charge in [0.05, 0.1) is 6.07 Å². The summed E-state index contributed by atoms with van der Waals surface area (Å²) in [5.74, 6) is 0. The van der Waals surface area contributed by atoms with E-state index in [1.807, 2.05) is 0 Å². The van der Waals surface area contributed by atoms with Crippen LogP contribution in [0.25, 0.3) is 0 Å². The fraction of sp³-hybridized carbons (Fsp3) is 0.500. The summed E-state index contributed by atoms with van der Waals surface area (Å²) in [6.45, 7) is 0. The van der Waals surface area contributed by atoms with Crippen molar-refractivity contribution in [2.75, 3.05) is 0 Å². The zero-order valence-electron chi connectivity index (χ0n) is 6.51. The van der Waals surface area contributed by atoms with Gasteiger partial charge in [-0.25, -0.2) is 0 Å². The van der Waals surface area contributed by atoms with E-state index in [1.165, 1.54) is 12.8 Å². The number of nitrogens with zero attached hydrogens (tertiary/aromatic N) is 1. The molecular weight excluding hydrogens is 134 g/mol. The van der Waals surface area contributed by atoms with Crippen LogP contribution in [-0.2, 0) is 0 Å². The Morgan fingerprint density at radius 3 is 2.82 bits per heavy atom. The predicted molar refractivity (Wildman–Crippen MR) is 43.7 cm³/mol. The van der Waals surface area contributed by atoms with Crippen molar-refractivity contribution in [1.29, 1.82) is 5.26 Å². The molecule has 0 heterocycles. The average molecular weight is 145 g/mol. The first kappa shape index (κ1) is 6.67. The summed E-state index contributed by atoms with van der Waals surface area (Å²) in [5.41, 5.74) is 1.39. The number of allylic oxidation sites excluding steroid dienone is 4. The monoisotopic (exact) mass is 145 g/mol. The van der Waals surface area contributed by atoms with Crippen LogP contribution in [0.5, 0.6) is 0 Å². The Balaban J connectivity index is 2.13. The molecule has 0 N–H and O–H groups in total. The van der Waals surface area contributed by atoms with Crippen LogP contribution in [-0.4, -0.2) is 0 Å². The molecule has 1 spiro atoms. The summed E-state index contributed by atoms with van der Waals surface area (Å²) in [7, 11) is 0. The van der Waals surface area contributed by atoms with Gasteiger partial charge in [0.2, 0.25) is 0 Å². The van der Waals surface area contributed by atoms with Crippen LogP contribution < -0.4 is 0 Å². The number of rotatable bonds is 0. The molecule has 56 valence electrons. The quantitative estimate of drug-likeness (QED) is 0.480. The number of hydrogen-bond donors (Lipinski definition) is 0. The second-order valence-electron chi connectivity index (χ2n) is 3.53. The van der Waals surface area contributed by atoms with Gasteiger partial charge in [0, 0.05) is 5.57 Å². The van der Waals surface area contributed by atoms with Crippen LogP contribution in [0.3, 0.4) is 0 Å². The molecule has 0 aromatic rings. The molecule has 0 fully saturated rings. The Hall–Kier alpha value is -1.03. The SMILES string of the molecule is N#CC1=CC2(CC=CCC2)C1. The second-order valence-corrected chi connectivity index (χ2v) is 3.53. The van der Waals surface area contributed by atoms with Crippen LogP contribution in [0.4, 0.5) is 0 Å². The lowest BCUT2D eigenvalue weighted by Crippen LogP contribution is -2.27. The first-order valence-corrected chi connectivity index (χ1v) is 4.12. The molecule has 0 aromatic heterocycles. The van der Waals surface area contributed by atoms with Crippen molar-refractivity contribution < 1.29 is 0 Å². The fourth-order valence-corrected chi connectivity index (χ4v) is 1.99. The third-order valence-corrected chi connectivity index (χ3v) is 2.67. The summed E-state index contributed by atoms with van der Waals surface area (Å²) >= 11 is 0. The maximum atomic E-state index is 8.56. The molecular formula is C10H11N. The fourth-order valence-electron chi connectivity index (χ4n) is 1.99. The largest absolute Gasteiger partial charge is 0.193 e. The van der Waals surface area contributed by atoms with E-state index < -0.39 is 0 Å². The molecule has 11 heavy (non-hydrogen) atoms. The Kier molecular flexibility index (Phi) is 1.35. The van der Waals surface area contributed by atoms with Crippen molar-refractivity contribution in [1.82, 2.24) is 0 Å². The summed E-state index contributed by atoms with van der Waals surface area (Å²) in [6.07, 6.45) is 11.3. The minimum absolute atomic E-state index is 0.403. The highest BCUT2D eigenvalue weighted by molar-refractivity contribution is 5.36. The van der Waals surface area contributed by atoms with Crippen molar-refractivity contribution >= 4 is 0 Å². The molecule has 2 rings (SSSR count). The summed E-state index contributed by atoms with van der Waals surface area (Å²) in [5, 5.41) is 8.56. The van der Waals surface area contributed by atoms with Crippen LogP contribution in [0.1, 0.15) is 25.7 Å². The Morgan fingerprint density at radius 1 is 1.45 bits per heavy atom. The first-order valence-electron chi connectivity index (χ1n) is 4.12. The minimum Gasteiger partial charge on any atom is -0.193 e. The lowest BCUT2D eigenvalue weighted by molar-refractivity contribution is 0.307. The zero-order chi connectivity index (χ0) is 7.73. The molecule has 0 bridgehead atoms. The van der Waals surface area contributed by atoms with Gasteiger partial charge < -0.3 is 0 Å². The van der Waals surface area contributed by atoms with Gasteiger partial charge in [0.1, 0.15) is 0 Å². The first-order chi connectivity index (χ1) is 5.35. The van der Waals surface area contributed by atoms with Crippen molar-refractivity contribution in [3.05, 3.63) is 23.8 Å². The molecule has 0 aliphatic heterocycles. The molecule has 1 atom stereocenters. The summed E-state index contributed by atoms with van der Waals surface area (Å²) in [4.78, 5) is 0. The molecule has 2 aliphatic rings. The van der Waals surface area contributed by atoms with E-state index in [9.17, 15) is 0 Å². The molecule has 0 aromatic carbocycles. The molecule has 1 nitrogen and oxygen atoms in total. The smallest absolute Gasteiger partial charge is 0.0944 e.